The molecule has 0 saturated carbocycles. The zero-order chi connectivity index (χ0) is 12.7. The van der Waals surface area contributed by atoms with Gasteiger partial charge < -0.3 is 10.6 Å². The highest BCUT2D eigenvalue weighted by molar-refractivity contribution is 6.29. The van der Waals surface area contributed by atoms with Crippen LogP contribution in [0.4, 0.5) is 4.39 Å². The Hall–Kier alpha value is -1.62. The van der Waals surface area contributed by atoms with E-state index in [1.165, 1.54) is 0 Å². The van der Waals surface area contributed by atoms with Gasteiger partial charge in [0.25, 0.3) is 17.4 Å². The number of carbonyl (C=O) groups is 2. The first-order valence-corrected chi connectivity index (χ1v) is 5.44. The summed E-state index contributed by atoms with van der Waals surface area (Å²) in [6.07, 6.45) is 0. The highest BCUT2D eigenvalue weighted by atomic mass is 35.5. The number of amides is 2. The molecule has 92 valence electrons. The fourth-order valence-corrected chi connectivity index (χ4v) is 1.21. The summed E-state index contributed by atoms with van der Waals surface area (Å²) in [7, 11) is 0. The normalized spacial score (nSPS) is 11.6. The number of benzene rings is 1. The van der Waals surface area contributed by atoms with E-state index in [1.807, 2.05) is 0 Å². The summed E-state index contributed by atoms with van der Waals surface area (Å²) in [5.41, 5.74) is -1.53. The van der Waals surface area contributed by atoms with Crippen LogP contribution < -0.4 is 10.6 Å². The maximum absolute atomic E-state index is 12.2. The number of hydrogen-bond acceptors (Lipinski definition) is 2. The molecule has 1 aromatic carbocycles. The monoisotopic (exact) mass is 258 g/mol. The fraction of sp³-hybridized carbons (Fsp3) is 0.273. The van der Waals surface area contributed by atoms with Crippen molar-refractivity contribution in [3.05, 3.63) is 35.9 Å². The lowest BCUT2D eigenvalue weighted by atomic mass is 10.2. The lowest BCUT2D eigenvalue weighted by molar-refractivity contribution is -0.123. The molecule has 2 amide bonds. The summed E-state index contributed by atoms with van der Waals surface area (Å²) in [5.74, 6) is -1.15. The van der Waals surface area contributed by atoms with Gasteiger partial charge in [-0.25, -0.2) is 4.39 Å². The quantitative estimate of drug-likeness (QED) is 0.613. The van der Waals surface area contributed by atoms with Gasteiger partial charge in [-0.3, -0.25) is 9.59 Å². The number of halogens is 2. The molecule has 0 aromatic heterocycles. The average Bonchev–Trinajstić information content (AvgIpc) is 2.35. The number of nitrogens with one attached hydrogen (secondary N) is 2. The van der Waals surface area contributed by atoms with Crippen molar-refractivity contribution in [3.8, 4) is 0 Å². The Kier molecular flexibility index (Phi) is 5.42. The van der Waals surface area contributed by atoms with Gasteiger partial charge in [-0.05, 0) is 12.1 Å². The molecule has 2 N–H and O–H groups in total. The molecule has 1 aromatic rings. The van der Waals surface area contributed by atoms with Crippen molar-refractivity contribution in [2.45, 2.75) is 5.63 Å². The Morgan fingerprint density at radius 3 is 2.35 bits per heavy atom. The lowest BCUT2D eigenvalue weighted by Gasteiger charge is -2.06. The summed E-state index contributed by atoms with van der Waals surface area (Å²) < 4.78 is 12.2. The van der Waals surface area contributed by atoms with Gasteiger partial charge in [0.2, 0.25) is 0 Å². The van der Waals surface area contributed by atoms with E-state index in [1.54, 1.807) is 30.3 Å². The molecule has 17 heavy (non-hydrogen) atoms. The molecule has 6 heteroatoms. The predicted molar refractivity (Wildman–Crippen MR) is 62.5 cm³/mol. The molecule has 1 unspecified atom stereocenters. The Morgan fingerprint density at radius 2 is 1.76 bits per heavy atom. The third kappa shape index (κ3) is 4.82. The maximum Gasteiger partial charge on any atom is 0.270 e. The van der Waals surface area contributed by atoms with Gasteiger partial charge in [-0.2, -0.15) is 0 Å². The van der Waals surface area contributed by atoms with Crippen LogP contribution in [-0.2, 0) is 4.79 Å². The fourth-order valence-electron chi connectivity index (χ4n) is 1.13. The van der Waals surface area contributed by atoms with Gasteiger partial charge in [-0.15, -0.1) is 0 Å². The molecule has 4 nitrogen and oxygen atoms in total. The largest absolute Gasteiger partial charge is 0.351 e. The van der Waals surface area contributed by atoms with Crippen molar-refractivity contribution in [2.75, 3.05) is 13.1 Å². The Balaban J connectivity index is 2.24. The predicted octanol–water partition coefficient (Wildman–Crippen LogP) is 1.07. The molecule has 0 bridgehead atoms. The molecule has 1 atom stereocenters. The Labute approximate surface area is 103 Å². The standard InChI is InChI=1S/C11H12ClFN2O2/c12-9(13)11(17)15-7-6-14-10(16)8-4-2-1-3-5-8/h1-5,9H,6-7H2,(H,14,16)(H,15,17). The second-order valence-electron chi connectivity index (χ2n) is 3.21. The molecule has 0 fully saturated rings. The summed E-state index contributed by atoms with van der Waals surface area (Å²) >= 11 is 4.90. The van der Waals surface area contributed by atoms with Gasteiger partial charge >= 0.3 is 0 Å². The van der Waals surface area contributed by atoms with Gasteiger partial charge in [-0.1, -0.05) is 29.8 Å². The topological polar surface area (TPSA) is 58.2 Å². The zero-order valence-corrected chi connectivity index (χ0v) is 9.71. The third-order valence-electron chi connectivity index (χ3n) is 1.94. The number of carbonyl (C=O) groups excluding carboxylic acids is 2. The molecule has 0 saturated heterocycles. The van der Waals surface area contributed by atoms with Crippen LogP contribution in [0.3, 0.4) is 0 Å². The maximum atomic E-state index is 12.2. The molecular formula is C11H12ClFN2O2. The van der Waals surface area contributed by atoms with E-state index in [0.29, 0.717) is 5.56 Å². The van der Waals surface area contributed by atoms with Crippen molar-refractivity contribution >= 4 is 23.4 Å². The van der Waals surface area contributed by atoms with Crippen LogP contribution in [0.2, 0.25) is 0 Å². The van der Waals surface area contributed by atoms with Crippen LogP contribution in [-0.4, -0.2) is 30.5 Å². The van der Waals surface area contributed by atoms with E-state index in [4.69, 9.17) is 11.6 Å². The van der Waals surface area contributed by atoms with Crippen LogP contribution in [0, 0.1) is 0 Å². The Morgan fingerprint density at radius 1 is 1.18 bits per heavy atom. The van der Waals surface area contributed by atoms with Crippen LogP contribution in [0.15, 0.2) is 30.3 Å². The number of hydrogen-bond donors (Lipinski definition) is 2. The third-order valence-corrected chi connectivity index (χ3v) is 2.14. The molecule has 1 rings (SSSR count). The van der Waals surface area contributed by atoms with Crippen molar-refractivity contribution in [3.63, 3.8) is 0 Å². The highest BCUT2D eigenvalue weighted by Crippen LogP contribution is 1.97. The summed E-state index contributed by atoms with van der Waals surface area (Å²) in [6.45, 7) is 0.341. The minimum atomic E-state index is -2.06. The van der Waals surface area contributed by atoms with Crippen LogP contribution in [0.1, 0.15) is 10.4 Å². The molecule has 0 heterocycles. The van der Waals surface area contributed by atoms with Gasteiger partial charge in [0, 0.05) is 18.7 Å². The van der Waals surface area contributed by atoms with Crippen LogP contribution >= 0.6 is 11.6 Å². The lowest BCUT2D eigenvalue weighted by Crippen LogP contribution is -2.36. The van der Waals surface area contributed by atoms with E-state index in [0.717, 1.165) is 0 Å². The first kappa shape index (κ1) is 13.4. The average molecular weight is 259 g/mol. The number of alkyl halides is 2. The zero-order valence-electron chi connectivity index (χ0n) is 8.95. The smallest absolute Gasteiger partial charge is 0.270 e. The Bertz CT molecular complexity index is 384. The highest BCUT2D eigenvalue weighted by Gasteiger charge is 2.11. The minimum absolute atomic E-state index is 0.130. The van der Waals surface area contributed by atoms with E-state index >= 15 is 0 Å². The van der Waals surface area contributed by atoms with Gasteiger partial charge in [0.05, 0.1) is 0 Å². The SMILES string of the molecule is O=C(NCCNC(=O)C(F)Cl)c1ccccc1. The van der Waals surface area contributed by atoms with Crippen LogP contribution in [0.5, 0.6) is 0 Å². The number of rotatable bonds is 5. The molecular weight excluding hydrogens is 247 g/mol. The van der Waals surface area contributed by atoms with Crippen LogP contribution in [0.25, 0.3) is 0 Å². The first-order valence-electron chi connectivity index (χ1n) is 5.00. The summed E-state index contributed by atoms with van der Waals surface area (Å²) in [5, 5.41) is 4.80. The second kappa shape index (κ2) is 6.85. The van der Waals surface area contributed by atoms with E-state index < -0.39 is 11.5 Å². The second-order valence-corrected chi connectivity index (χ2v) is 3.60. The molecule has 0 aliphatic heterocycles. The van der Waals surface area contributed by atoms with Crippen molar-refractivity contribution in [2.24, 2.45) is 0 Å². The summed E-state index contributed by atoms with van der Waals surface area (Å²) in [4.78, 5) is 22.2. The van der Waals surface area contributed by atoms with E-state index in [2.05, 4.69) is 10.6 Å². The minimum Gasteiger partial charge on any atom is -0.351 e. The van der Waals surface area contributed by atoms with Gasteiger partial charge in [0.15, 0.2) is 0 Å². The van der Waals surface area contributed by atoms with Crippen molar-refractivity contribution in [1.82, 2.24) is 10.6 Å². The molecule has 0 spiro atoms. The summed E-state index contributed by atoms with van der Waals surface area (Å²) in [6, 6.07) is 8.64. The first-order chi connectivity index (χ1) is 8.11. The van der Waals surface area contributed by atoms with Crippen molar-refractivity contribution < 1.29 is 14.0 Å². The molecule has 0 aliphatic rings. The van der Waals surface area contributed by atoms with E-state index in [9.17, 15) is 14.0 Å². The van der Waals surface area contributed by atoms with E-state index in [-0.39, 0.29) is 19.0 Å². The molecule has 0 radical (unpaired) electrons. The molecule has 0 aliphatic carbocycles. The van der Waals surface area contributed by atoms with Gasteiger partial charge in [0.1, 0.15) is 0 Å². The van der Waals surface area contributed by atoms with Crippen molar-refractivity contribution in [1.29, 1.82) is 0 Å².